The molecule has 0 aromatic heterocycles. The summed E-state index contributed by atoms with van der Waals surface area (Å²) >= 11 is 1.98. The average Bonchev–Trinajstić information content (AvgIpc) is 2.50. The fourth-order valence-electron chi connectivity index (χ4n) is 1.76. The molecule has 1 aliphatic heterocycles. The second-order valence-corrected chi connectivity index (χ2v) is 6.01. The maximum atomic E-state index is 11.7. The van der Waals surface area contributed by atoms with E-state index >= 15 is 0 Å². The second kappa shape index (κ2) is 5.75. The first kappa shape index (κ1) is 12.8. The lowest BCUT2D eigenvalue weighted by atomic mass is 10.1. The summed E-state index contributed by atoms with van der Waals surface area (Å²) in [5, 5.41) is 6.95. The van der Waals surface area contributed by atoms with Gasteiger partial charge in [0.25, 0.3) is 0 Å². The molecule has 1 saturated heterocycles. The van der Waals surface area contributed by atoms with E-state index in [0.717, 1.165) is 0 Å². The van der Waals surface area contributed by atoms with Gasteiger partial charge in [0.15, 0.2) is 0 Å². The van der Waals surface area contributed by atoms with Crippen LogP contribution >= 0.6 is 11.8 Å². The standard InChI is InChI=1S/C11H22N2OS/c1-7(2)12-11(14)8(3)13-10-5-6-15-9(10)4/h7-10,13H,5-6H2,1-4H3,(H,12,14). The summed E-state index contributed by atoms with van der Waals surface area (Å²) in [6.07, 6.45) is 1.17. The van der Waals surface area contributed by atoms with E-state index in [1.807, 2.05) is 32.5 Å². The van der Waals surface area contributed by atoms with Crippen LogP contribution in [0.2, 0.25) is 0 Å². The number of hydrogen-bond acceptors (Lipinski definition) is 3. The smallest absolute Gasteiger partial charge is 0.237 e. The van der Waals surface area contributed by atoms with Crippen molar-refractivity contribution in [2.24, 2.45) is 0 Å². The second-order valence-electron chi connectivity index (χ2n) is 4.52. The van der Waals surface area contributed by atoms with Gasteiger partial charge in [-0.05, 0) is 32.9 Å². The SMILES string of the molecule is CC(C)NC(=O)C(C)NC1CCSC1C. The molecular weight excluding hydrogens is 208 g/mol. The van der Waals surface area contributed by atoms with Crippen LogP contribution in [0.15, 0.2) is 0 Å². The summed E-state index contributed by atoms with van der Waals surface area (Å²) in [5.74, 6) is 1.31. The molecule has 0 aromatic rings. The Hall–Kier alpha value is -0.220. The summed E-state index contributed by atoms with van der Waals surface area (Å²) in [6, 6.07) is 0.624. The zero-order chi connectivity index (χ0) is 11.4. The molecule has 1 amide bonds. The summed E-state index contributed by atoms with van der Waals surface area (Å²) in [4.78, 5) is 11.7. The monoisotopic (exact) mass is 230 g/mol. The molecule has 0 aromatic carbocycles. The van der Waals surface area contributed by atoms with E-state index in [4.69, 9.17) is 0 Å². The highest BCUT2D eigenvalue weighted by molar-refractivity contribution is 8.00. The van der Waals surface area contributed by atoms with Gasteiger partial charge >= 0.3 is 0 Å². The Kier molecular flexibility index (Phi) is 4.93. The summed E-state index contributed by atoms with van der Waals surface area (Å²) in [7, 11) is 0. The van der Waals surface area contributed by atoms with Gasteiger partial charge < -0.3 is 10.6 Å². The van der Waals surface area contributed by atoms with Gasteiger partial charge in [0, 0.05) is 17.3 Å². The Morgan fingerprint density at radius 1 is 1.40 bits per heavy atom. The molecule has 1 rings (SSSR count). The molecule has 3 atom stereocenters. The molecular formula is C11H22N2OS. The molecule has 4 heteroatoms. The average molecular weight is 230 g/mol. The van der Waals surface area contributed by atoms with Crippen LogP contribution in [0.4, 0.5) is 0 Å². The van der Waals surface area contributed by atoms with Gasteiger partial charge in [-0.25, -0.2) is 0 Å². The molecule has 15 heavy (non-hydrogen) atoms. The van der Waals surface area contributed by atoms with Gasteiger partial charge in [-0.2, -0.15) is 11.8 Å². The molecule has 0 bridgehead atoms. The summed E-state index contributed by atoms with van der Waals surface area (Å²) in [6.45, 7) is 8.13. The third-order valence-corrected chi connectivity index (χ3v) is 3.99. The van der Waals surface area contributed by atoms with E-state index in [1.54, 1.807) is 0 Å². The molecule has 3 nitrogen and oxygen atoms in total. The van der Waals surface area contributed by atoms with Gasteiger partial charge in [0.2, 0.25) is 5.91 Å². The zero-order valence-electron chi connectivity index (χ0n) is 10.0. The van der Waals surface area contributed by atoms with Crippen LogP contribution in [0.1, 0.15) is 34.1 Å². The van der Waals surface area contributed by atoms with Crippen molar-refractivity contribution in [2.75, 3.05) is 5.75 Å². The minimum atomic E-state index is -0.0847. The van der Waals surface area contributed by atoms with Gasteiger partial charge in [0.05, 0.1) is 6.04 Å². The maximum Gasteiger partial charge on any atom is 0.237 e. The molecule has 2 N–H and O–H groups in total. The number of rotatable bonds is 4. The first-order chi connectivity index (χ1) is 7.00. The highest BCUT2D eigenvalue weighted by atomic mass is 32.2. The number of carbonyl (C=O) groups is 1. The highest BCUT2D eigenvalue weighted by Gasteiger charge is 2.26. The molecule has 0 radical (unpaired) electrons. The first-order valence-corrected chi connectivity index (χ1v) is 6.73. The Morgan fingerprint density at radius 3 is 2.53 bits per heavy atom. The quantitative estimate of drug-likeness (QED) is 0.767. The van der Waals surface area contributed by atoms with Crippen LogP contribution in [0.3, 0.4) is 0 Å². The van der Waals surface area contributed by atoms with Crippen LogP contribution in [0.5, 0.6) is 0 Å². The van der Waals surface area contributed by atoms with Crippen molar-refractivity contribution in [1.29, 1.82) is 0 Å². The molecule has 0 spiro atoms. The number of amides is 1. The molecule has 0 saturated carbocycles. The molecule has 1 fully saturated rings. The van der Waals surface area contributed by atoms with Gasteiger partial charge in [-0.1, -0.05) is 6.92 Å². The van der Waals surface area contributed by atoms with Crippen LogP contribution in [0, 0.1) is 0 Å². The van der Waals surface area contributed by atoms with Crippen molar-refractivity contribution in [3.8, 4) is 0 Å². The highest BCUT2D eigenvalue weighted by Crippen LogP contribution is 2.26. The predicted octanol–water partition coefficient (Wildman–Crippen LogP) is 1.38. The van der Waals surface area contributed by atoms with Crippen molar-refractivity contribution in [1.82, 2.24) is 10.6 Å². The van der Waals surface area contributed by atoms with E-state index in [2.05, 4.69) is 17.6 Å². The van der Waals surface area contributed by atoms with Crippen LogP contribution in [-0.2, 0) is 4.79 Å². The zero-order valence-corrected chi connectivity index (χ0v) is 10.9. The lowest BCUT2D eigenvalue weighted by molar-refractivity contribution is -0.123. The number of nitrogens with one attached hydrogen (secondary N) is 2. The molecule has 0 aliphatic carbocycles. The van der Waals surface area contributed by atoms with Crippen molar-refractivity contribution in [3.63, 3.8) is 0 Å². The van der Waals surface area contributed by atoms with E-state index < -0.39 is 0 Å². The van der Waals surface area contributed by atoms with Gasteiger partial charge in [-0.15, -0.1) is 0 Å². The van der Waals surface area contributed by atoms with Crippen molar-refractivity contribution in [2.45, 2.75) is 57.5 Å². The fourth-order valence-corrected chi connectivity index (χ4v) is 2.97. The Balaban J connectivity index is 2.34. The Morgan fingerprint density at radius 2 is 2.07 bits per heavy atom. The fraction of sp³-hybridized carbons (Fsp3) is 0.909. The number of hydrogen-bond donors (Lipinski definition) is 2. The molecule has 3 unspecified atom stereocenters. The molecule has 1 aliphatic rings. The predicted molar refractivity (Wildman–Crippen MR) is 66.2 cm³/mol. The molecule has 1 heterocycles. The van der Waals surface area contributed by atoms with Crippen LogP contribution in [0.25, 0.3) is 0 Å². The third-order valence-electron chi connectivity index (χ3n) is 2.66. The summed E-state index contributed by atoms with van der Waals surface area (Å²) < 4.78 is 0. The lowest BCUT2D eigenvalue weighted by Gasteiger charge is -2.22. The van der Waals surface area contributed by atoms with Crippen molar-refractivity contribution >= 4 is 17.7 Å². The minimum Gasteiger partial charge on any atom is -0.353 e. The van der Waals surface area contributed by atoms with Gasteiger partial charge in [0.1, 0.15) is 0 Å². The Bertz CT molecular complexity index is 221. The number of thioether (sulfide) groups is 1. The van der Waals surface area contributed by atoms with E-state index in [-0.39, 0.29) is 18.0 Å². The van der Waals surface area contributed by atoms with Crippen LogP contribution in [-0.4, -0.2) is 35.0 Å². The first-order valence-electron chi connectivity index (χ1n) is 5.68. The van der Waals surface area contributed by atoms with E-state index in [9.17, 15) is 4.79 Å². The van der Waals surface area contributed by atoms with Crippen molar-refractivity contribution < 1.29 is 4.79 Å². The van der Waals surface area contributed by atoms with E-state index in [1.165, 1.54) is 12.2 Å². The normalized spacial score (nSPS) is 28.1. The minimum absolute atomic E-state index is 0.0847. The molecule has 88 valence electrons. The van der Waals surface area contributed by atoms with E-state index in [0.29, 0.717) is 11.3 Å². The topological polar surface area (TPSA) is 41.1 Å². The van der Waals surface area contributed by atoms with Crippen molar-refractivity contribution in [3.05, 3.63) is 0 Å². The van der Waals surface area contributed by atoms with Gasteiger partial charge in [-0.3, -0.25) is 4.79 Å². The lowest BCUT2D eigenvalue weighted by Crippen LogP contribution is -2.49. The van der Waals surface area contributed by atoms with Crippen LogP contribution < -0.4 is 10.6 Å². The largest absolute Gasteiger partial charge is 0.353 e. The number of carbonyl (C=O) groups excluding carboxylic acids is 1. The Labute approximate surface area is 96.8 Å². The third kappa shape index (κ3) is 4.03. The maximum absolute atomic E-state index is 11.7. The summed E-state index contributed by atoms with van der Waals surface area (Å²) in [5.41, 5.74) is 0.